The second-order valence-corrected chi connectivity index (χ2v) is 8.35. The summed E-state index contributed by atoms with van der Waals surface area (Å²) in [7, 11) is 0. The van der Waals surface area contributed by atoms with E-state index in [0.29, 0.717) is 18.0 Å². The molecule has 2 heterocycles. The average Bonchev–Trinajstić information content (AvgIpc) is 3.18. The predicted octanol–water partition coefficient (Wildman–Crippen LogP) is 5.35. The molecule has 0 atom stereocenters. The lowest BCUT2D eigenvalue weighted by molar-refractivity contribution is -0.384. The zero-order valence-corrected chi connectivity index (χ0v) is 18.0. The number of benzene rings is 2. The molecule has 4 rings (SSSR count). The van der Waals surface area contributed by atoms with Gasteiger partial charge in [0.15, 0.2) is 0 Å². The Hall–Kier alpha value is -3.39. The summed E-state index contributed by atoms with van der Waals surface area (Å²) in [6, 6.07) is 14.4. The summed E-state index contributed by atoms with van der Waals surface area (Å²) < 4.78 is 2.12. The highest BCUT2D eigenvalue weighted by molar-refractivity contribution is 8.18. The van der Waals surface area contributed by atoms with Crippen molar-refractivity contribution in [1.82, 2.24) is 9.47 Å². The molecule has 7 nitrogen and oxygen atoms in total. The van der Waals surface area contributed by atoms with E-state index in [4.69, 9.17) is 0 Å². The third-order valence-corrected chi connectivity index (χ3v) is 6.27. The molecule has 0 spiro atoms. The molecule has 0 aliphatic carbocycles. The highest BCUT2D eigenvalue weighted by atomic mass is 32.2. The van der Waals surface area contributed by atoms with E-state index in [1.54, 1.807) is 12.1 Å². The zero-order chi connectivity index (χ0) is 22.1. The quantitative estimate of drug-likeness (QED) is 0.296. The van der Waals surface area contributed by atoms with Gasteiger partial charge in [-0.15, -0.1) is 0 Å². The number of hydrogen-bond acceptors (Lipinski definition) is 5. The first-order valence-electron chi connectivity index (χ1n) is 9.97. The standard InChI is InChI=1S/C23H21N3O4S/c1-3-12-24-22(27)21(31-23(24)28)13-19-15(2)25(20-7-5-4-6-18(19)20)14-16-8-10-17(11-9-16)26(29)30/h4-11,13H,3,12,14H2,1-2H3/b21-13+. The molecule has 0 unspecified atom stereocenters. The molecule has 2 amide bonds. The van der Waals surface area contributed by atoms with Crippen molar-refractivity contribution in [2.75, 3.05) is 6.54 Å². The van der Waals surface area contributed by atoms with E-state index in [1.807, 2.05) is 44.2 Å². The van der Waals surface area contributed by atoms with Crippen LogP contribution in [-0.4, -0.2) is 32.1 Å². The Kier molecular flexibility index (Phi) is 5.65. The molecule has 1 aromatic heterocycles. The van der Waals surface area contributed by atoms with Gasteiger partial charge < -0.3 is 4.57 Å². The summed E-state index contributed by atoms with van der Waals surface area (Å²) in [5, 5.41) is 11.7. The molecule has 0 bridgehead atoms. The van der Waals surface area contributed by atoms with E-state index >= 15 is 0 Å². The molecule has 0 N–H and O–H groups in total. The normalized spacial score (nSPS) is 15.4. The third-order valence-electron chi connectivity index (χ3n) is 5.36. The first-order valence-corrected chi connectivity index (χ1v) is 10.8. The fraction of sp³-hybridized carbons (Fsp3) is 0.217. The van der Waals surface area contributed by atoms with Gasteiger partial charge in [-0.2, -0.15) is 0 Å². The molecule has 1 saturated heterocycles. The molecular weight excluding hydrogens is 414 g/mol. The SMILES string of the molecule is CCCN1C(=O)S/C(=C/c2c(C)n(Cc3ccc([N+](=O)[O-])cc3)c3ccccc23)C1=O. The second-order valence-electron chi connectivity index (χ2n) is 7.36. The zero-order valence-electron chi connectivity index (χ0n) is 17.2. The van der Waals surface area contributed by atoms with E-state index in [9.17, 15) is 19.7 Å². The van der Waals surface area contributed by atoms with Crippen molar-refractivity contribution >= 4 is 45.6 Å². The smallest absolute Gasteiger partial charge is 0.293 e. The third kappa shape index (κ3) is 3.86. The van der Waals surface area contributed by atoms with Gasteiger partial charge in [-0.05, 0) is 42.8 Å². The maximum atomic E-state index is 12.7. The van der Waals surface area contributed by atoms with Gasteiger partial charge in [0.05, 0.1) is 9.83 Å². The molecule has 2 aromatic carbocycles. The second kappa shape index (κ2) is 8.39. The molecule has 31 heavy (non-hydrogen) atoms. The first-order chi connectivity index (χ1) is 14.9. The van der Waals surface area contributed by atoms with Crippen molar-refractivity contribution in [2.45, 2.75) is 26.8 Å². The van der Waals surface area contributed by atoms with E-state index in [2.05, 4.69) is 4.57 Å². The van der Waals surface area contributed by atoms with Crippen LogP contribution >= 0.6 is 11.8 Å². The van der Waals surface area contributed by atoms with E-state index < -0.39 is 4.92 Å². The molecule has 1 fully saturated rings. The maximum absolute atomic E-state index is 12.7. The van der Waals surface area contributed by atoms with Crippen LogP contribution < -0.4 is 0 Å². The number of non-ortho nitro benzene ring substituents is 1. The minimum atomic E-state index is -0.413. The number of carbonyl (C=O) groups excluding carboxylic acids is 2. The van der Waals surface area contributed by atoms with Crippen LogP contribution in [0.3, 0.4) is 0 Å². The molecule has 1 aliphatic rings. The highest BCUT2D eigenvalue weighted by Gasteiger charge is 2.34. The number of fused-ring (bicyclic) bond motifs is 1. The summed E-state index contributed by atoms with van der Waals surface area (Å²) in [6.07, 6.45) is 2.53. The average molecular weight is 436 g/mol. The maximum Gasteiger partial charge on any atom is 0.293 e. The summed E-state index contributed by atoms with van der Waals surface area (Å²) in [5.74, 6) is -0.247. The molecule has 0 saturated carbocycles. The van der Waals surface area contributed by atoms with Gasteiger partial charge >= 0.3 is 0 Å². The highest BCUT2D eigenvalue weighted by Crippen LogP contribution is 2.36. The van der Waals surface area contributed by atoms with Gasteiger partial charge in [-0.25, -0.2) is 0 Å². The minimum Gasteiger partial charge on any atom is -0.340 e. The molecular formula is C23H21N3O4S. The van der Waals surface area contributed by atoms with Gasteiger partial charge in [0, 0.05) is 47.4 Å². The van der Waals surface area contributed by atoms with Crippen LogP contribution in [0.4, 0.5) is 10.5 Å². The van der Waals surface area contributed by atoms with Gasteiger partial charge in [0.1, 0.15) is 0 Å². The lowest BCUT2D eigenvalue weighted by atomic mass is 10.1. The monoisotopic (exact) mass is 435 g/mol. The number of imide groups is 1. The molecule has 8 heteroatoms. The topological polar surface area (TPSA) is 85.4 Å². The van der Waals surface area contributed by atoms with Crippen LogP contribution in [0.15, 0.2) is 53.4 Å². The van der Waals surface area contributed by atoms with E-state index in [-0.39, 0.29) is 16.8 Å². The van der Waals surface area contributed by atoms with Crippen LogP contribution in [0.2, 0.25) is 0 Å². The molecule has 0 radical (unpaired) electrons. The molecule has 3 aromatic rings. The Morgan fingerprint density at radius 3 is 2.48 bits per heavy atom. The molecule has 158 valence electrons. The fourth-order valence-corrected chi connectivity index (χ4v) is 4.64. The van der Waals surface area contributed by atoms with E-state index in [1.165, 1.54) is 17.0 Å². The number of rotatable bonds is 6. The lowest BCUT2D eigenvalue weighted by Gasteiger charge is -2.09. The largest absolute Gasteiger partial charge is 0.340 e. The number of amides is 2. The van der Waals surface area contributed by atoms with Crippen LogP contribution in [0.25, 0.3) is 17.0 Å². The van der Waals surface area contributed by atoms with Crippen LogP contribution in [0, 0.1) is 17.0 Å². The van der Waals surface area contributed by atoms with Gasteiger partial charge in [-0.1, -0.05) is 37.3 Å². The number of hydrogen-bond donors (Lipinski definition) is 0. The summed E-state index contributed by atoms with van der Waals surface area (Å²) in [5.41, 5.74) is 3.85. The lowest BCUT2D eigenvalue weighted by Crippen LogP contribution is -2.28. The predicted molar refractivity (Wildman–Crippen MR) is 122 cm³/mol. The van der Waals surface area contributed by atoms with E-state index in [0.717, 1.165) is 45.9 Å². The summed E-state index contributed by atoms with van der Waals surface area (Å²) >= 11 is 0.977. The van der Waals surface area contributed by atoms with Crippen molar-refractivity contribution in [1.29, 1.82) is 0 Å². The number of thioether (sulfide) groups is 1. The Balaban J connectivity index is 1.75. The van der Waals surface area contributed by atoms with Crippen LogP contribution in [0.1, 0.15) is 30.2 Å². The number of nitro benzene ring substituents is 1. The number of carbonyl (C=O) groups is 2. The van der Waals surface area contributed by atoms with Crippen molar-refractivity contribution in [3.8, 4) is 0 Å². The number of para-hydroxylation sites is 1. The van der Waals surface area contributed by atoms with Crippen molar-refractivity contribution in [2.24, 2.45) is 0 Å². The van der Waals surface area contributed by atoms with Gasteiger partial charge in [0.25, 0.3) is 16.8 Å². The van der Waals surface area contributed by atoms with Crippen molar-refractivity contribution in [3.05, 3.63) is 80.4 Å². The van der Waals surface area contributed by atoms with Crippen molar-refractivity contribution < 1.29 is 14.5 Å². The first kappa shape index (κ1) is 20.9. The van der Waals surface area contributed by atoms with Gasteiger partial charge in [0.2, 0.25) is 0 Å². The Labute approximate surface area is 183 Å². The Morgan fingerprint density at radius 1 is 1.10 bits per heavy atom. The van der Waals surface area contributed by atoms with Gasteiger partial charge in [-0.3, -0.25) is 24.6 Å². The summed E-state index contributed by atoms with van der Waals surface area (Å²) in [6.45, 7) is 4.87. The van der Waals surface area contributed by atoms with Crippen molar-refractivity contribution in [3.63, 3.8) is 0 Å². The molecule has 1 aliphatic heterocycles. The van der Waals surface area contributed by atoms with Crippen LogP contribution in [-0.2, 0) is 11.3 Å². The fourth-order valence-electron chi connectivity index (χ4n) is 3.80. The van der Waals surface area contributed by atoms with Crippen LogP contribution in [0.5, 0.6) is 0 Å². The Bertz CT molecular complexity index is 1230. The number of nitro groups is 1. The minimum absolute atomic E-state index is 0.0568. The summed E-state index contributed by atoms with van der Waals surface area (Å²) in [4.78, 5) is 37.1. The number of aromatic nitrogens is 1. The number of nitrogens with zero attached hydrogens (tertiary/aromatic N) is 3. The Morgan fingerprint density at radius 2 is 1.81 bits per heavy atom.